The normalized spacial score (nSPS) is 10.7. The predicted octanol–water partition coefficient (Wildman–Crippen LogP) is 1.00. The molecule has 0 saturated carbocycles. The van der Waals surface area contributed by atoms with E-state index < -0.39 is 0 Å². The molecule has 20 heavy (non-hydrogen) atoms. The van der Waals surface area contributed by atoms with Crippen molar-refractivity contribution in [2.45, 2.75) is 19.8 Å². The van der Waals surface area contributed by atoms with Crippen molar-refractivity contribution in [2.24, 2.45) is 0 Å². The predicted molar refractivity (Wildman–Crippen MR) is 76.8 cm³/mol. The molecule has 0 spiro atoms. The van der Waals surface area contributed by atoms with Gasteiger partial charge in [-0.15, -0.1) is 0 Å². The molecule has 112 valence electrons. The zero-order valence-electron chi connectivity index (χ0n) is 12.1. The molecule has 0 aliphatic rings. The Morgan fingerprint density at radius 2 is 1.80 bits per heavy atom. The molecule has 0 aliphatic heterocycles. The van der Waals surface area contributed by atoms with Crippen molar-refractivity contribution in [3.05, 3.63) is 29.8 Å². The van der Waals surface area contributed by atoms with Gasteiger partial charge in [0, 0.05) is 13.1 Å². The minimum atomic E-state index is -0.244. The van der Waals surface area contributed by atoms with E-state index in [9.17, 15) is 4.79 Å². The van der Waals surface area contributed by atoms with E-state index in [1.165, 1.54) is 4.90 Å². The molecule has 0 heterocycles. The van der Waals surface area contributed by atoms with Crippen LogP contribution >= 0.6 is 0 Å². The number of aliphatic hydroxyl groups is 2. The molecule has 1 aromatic carbocycles. The summed E-state index contributed by atoms with van der Waals surface area (Å²) in [6, 6.07) is 7.62. The molecule has 0 aliphatic carbocycles. The molecule has 2 N–H and O–H groups in total. The first-order chi connectivity index (χ1) is 9.60. The van der Waals surface area contributed by atoms with Crippen molar-refractivity contribution in [3.8, 4) is 5.75 Å². The van der Waals surface area contributed by atoms with Crippen molar-refractivity contribution < 1.29 is 19.7 Å². The highest BCUT2D eigenvalue weighted by atomic mass is 16.5. The number of carbonyl (C=O) groups is 1. The standard InChI is InChI=1S/C15H23NO4/c1-12(2)13-5-3-4-6-14(13)20-11-15(19)16(7-9-17)8-10-18/h3-6,12,17-18H,7-11H2,1-2H3. The highest BCUT2D eigenvalue weighted by molar-refractivity contribution is 5.77. The number of nitrogens with zero attached hydrogens (tertiary/aromatic N) is 1. The molecule has 0 bridgehead atoms. The minimum Gasteiger partial charge on any atom is -0.483 e. The van der Waals surface area contributed by atoms with E-state index in [4.69, 9.17) is 14.9 Å². The van der Waals surface area contributed by atoms with Crippen LogP contribution in [0.15, 0.2) is 24.3 Å². The molecule has 5 heteroatoms. The highest BCUT2D eigenvalue weighted by Gasteiger charge is 2.14. The summed E-state index contributed by atoms with van der Waals surface area (Å²) >= 11 is 0. The zero-order chi connectivity index (χ0) is 15.0. The van der Waals surface area contributed by atoms with E-state index in [1.54, 1.807) is 0 Å². The lowest BCUT2D eigenvalue weighted by Crippen LogP contribution is -2.39. The van der Waals surface area contributed by atoms with Crippen LogP contribution < -0.4 is 4.74 Å². The van der Waals surface area contributed by atoms with Gasteiger partial charge in [-0.3, -0.25) is 4.79 Å². The Morgan fingerprint density at radius 3 is 2.35 bits per heavy atom. The maximum atomic E-state index is 12.0. The molecule has 1 rings (SSSR count). The third kappa shape index (κ3) is 4.83. The average molecular weight is 281 g/mol. The van der Waals surface area contributed by atoms with Gasteiger partial charge < -0.3 is 19.8 Å². The smallest absolute Gasteiger partial charge is 0.260 e. The van der Waals surface area contributed by atoms with Crippen LogP contribution in [0, 0.1) is 0 Å². The number of aliphatic hydroxyl groups excluding tert-OH is 2. The number of carbonyl (C=O) groups excluding carboxylic acids is 1. The summed E-state index contributed by atoms with van der Waals surface area (Å²) in [5.74, 6) is 0.766. The topological polar surface area (TPSA) is 70.0 Å². The monoisotopic (exact) mass is 281 g/mol. The number of benzene rings is 1. The van der Waals surface area contributed by atoms with Crippen LogP contribution in [0.25, 0.3) is 0 Å². The van der Waals surface area contributed by atoms with Gasteiger partial charge >= 0.3 is 0 Å². The summed E-state index contributed by atoms with van der Waals surface area (Å²) in [5, 5.41) is 17.8. The minimum absolute atomic E-state index is 0.0935. The van der Waals surface area contributed by atoms with Crippen LogP contribution in [0.3, 0.4) is 0 Å². The molecule has 0 unspecified atom stereocenters. The number of hydrogen-bond acceptors (Lipinski definition) is 4. The third-order valence-electron chi connectivity index (χ3n) is 2.98. The van der Waals surface area contributed by atoms with Crippen molar-refractivity contribution in [1.29, 1.82) is 0 Å². The average Bonchev–Trinajstić information content (AvgIpc) is 2.44. The van der Waals surface area contributed by atoms with Gasteiger partial charge in [0.2, 0.25) is 0 Å². The fourth-order valence-electron chi connectivity index (χ4n) is 1.92. The van der Waals surface area contributed by atoms with E-state index in [1.807, 2.05) is 24.3 Å². The second-order valence-electron chi connectivity index (χ2n) is 4.81. The first kappa shape index (κ1) is 16.5. The summed E-state index contributed by atoms with van der Waals surface area (Å²) < 4.78 is 5.58. The Hall–Kier alpha value is -1.59. The number of ether oxygens (including phenoxy) is 1. The Labute approximate surface area is 119 Å². The Balaban J connectivity index is 2.64. The van der Waals surface area contributed by atoms with Gasteiger partial charge in [0.15, 0.2) is 6.61 Å². The van der Waals surface area contributed by atoms with Gasteiger partial charge in [-0.05, 0) is 17.5 Å². The zero-order valence-corrected chi connectivity index (χ0v) is 12.1. The highest BCUT2D eigenvalue weighted by Crippen LogP contribution is 2.25. The summed E-state index contributed by atoms with van der Waals surface area (Å²) in [4.78, 5) is 13.3. The van der Waals surface area contributed by atoms with Crippen LogP contribution in [-0.2, 0) is 4.79 Å². The summed E-state index contributed by atoms with van der Waals surface area (Å²) in [6.07, 6.45) is 0. The second kappa shape index (κ2) is 8.55. The molecule has 1 amide bonds. The fourth-order valence-corrected chi connectivity index (χ4v) is 1.92. The largest absolute Gasteiger partial charge is 0.483 e. The molecule has 0 saturated heterocycles. The summed E-state index contributed by atoms with van der Waals surface area (Å²) in [6.45, 7) is 4.18. The van der Waals surface area contributed by atoms with Crippen LogP contribution in [0.2, 0.25) is 0 Å². The van der Waals surface area contributed by atoms with Crippen LogP contribution in [0.1, 0.15) is 25.3 Å². The maximum Gasteiger partial charge on any atom is 0.260 e. The fraction of sp³-hybridized carbons (Fsp3) is 0.533. The Morgan fingerprint density at radius 1 is 1.20 bits per heavy atom. The van der Waals surface area contributed by atoms with E-state index in [2.05, 4.69) is 13.8 Å². The Bertz CT molecular complexity index is 414. The number of para-hydroxylation sites is 1. The van der Waals surface area contributed by atoms with E-state index in [0.29, 0.717) is 11.7 Å². The molecule has 5 nitrogen and oxygen atoms in total. The quantitative estimate of drug-likeness (QED) is 0.746. The summed E-state index contributed by atoms with van der Waals surface area (Å²) in [5.41, 5.74) is 1.05. The molecule has 0 atom stereocenters. The molecule has 0 aromatic heterocycles. The van der Waals surface area contributed by atoms with Crippen LogP contribution in [0.5, 0.6) is 5.75 Å². The lowest BCUT2D eigenvalue weighted by atomic mass is 10.0. The number of hydrogen-bond donors (Lipinski definition) is 2. The molecule has 0 fully saturated rings. The van der Waals surface area contributed by atoms with Crippen molar-refractivity contribution in [2.75, 3.05) is 32.9 Å². The van der Waals surface area contributed by atoms with Crippen LogP contribution in [-0.4, -0.2) is 53.9 Å². The number of amides is 1. The summed E-state index contributed by atoms with van der Waals surface area (Å²) in [7, 11) is 0. The lowest BCUT2D eigenvalue weighted by molar-refractivity contribution is -0.134. The van der Waals surface area contributed by atoms with Gasteiger partial charge in [-0.25, -0.2) is 0 Å². The van der Waals surface area contributed by atoms with Gasteiger partial charge in [-0.1, -0.05) is 32.0 Å². The first-order valence-electron chi connectivity index (χ1n) is 6.81. The molecular formula is C15H23NO4. The number of rotatable bonds is 8. The van der Waals surface area contributed by atoms with Crippen molar-refractivity contribution in [1.82, 2.24) is 4.90 Å². The molecular weight excluding hydrogens is 258 g/mol. The van der Waals surface area contributed by atoms with E-state index in [0.717, 1.165) is 5.56 Å². The third-order valence-corrected chi connectivity index (χ3v) is 2.98. The van der Waals surface area contributed by atoms with Crippen LogP contribution in [0.4, 0.5) is 0 Å². The Kier molecular flexibility index (Phi) is 7.04. The first-order valence-corrected chi connectivity index (χ1v) is 6.81. The van der Waals surface area contributed by atoms with Crippen molar-refractivity contribution in [3.63, 3.8) is 0 Å². The maximum absolute atomic E-state index is 12.0. The van der Waals surface area contributed by atoms with E-state index >= 15 is 0 Å². The molecule has 0 radical (unpaired) electrons. The van der Waals surface area contributed by atoms with Crippen molar-refractivity contribution >= 4 is 5.91 Å². The second-order valence-corrected chi connectivity index (χ2v) is 4.81. The van der Waals surface area contributed by atoms with Gasteiger partial charge in [0.25, 0.3) is 5.91 Å². The van der Waals surface area contributed by atoms with Gasteiger partial charge in [0.1, 0.15) is 5.75 Å². The van der Waals surface area contributed by atoms with Gasteiger partial charge in [-0.2, -0.15) is 0 Å². The molecule has 1 aromatic rings. The SMILES string of the molecule is CC(C)c1ccccc1OCC(=O)N(CCO)CCO. The van der Waals surface area contributed by atoms with E-state index in [-0.39, 0.29) is 38.8 Å². The lowest BCUT2D eigenvalue weighted by Gasteiger charge is -2.21. The van der Waals surface area contributed by atoms with Gasteiger partial charge in [0.05, 0.1) is 13.2 Å².